The summed E-state index contributed by atoms with van der Waals surface area (Å²) < 4.78 is 0. The summed E-state index contributed by atoms with van der Waals surface area (Å²) in [6, 6.07) is 6.23. The van der Waals surface area contributed by atoms with E-state index in [4.69, 9.17) is 22.3 Å². The van der Waals surface area contributed by atoms with E-state index in [1.807, 2.05) is 23.9 Å². The van der Waals surface area contributed by atoms with Crippen molar-refractivity contribution in [3.05, 3.63) is 34.3 Å². The van der Waals surface area contributed by atoms with Gasteiger partial charge in [0.2, 0.25) is 5.91 Å². The van der Waals surface area contributed by atoms with Crippen LogP contribution in [-0.2, 0) is 0 Å². The van der Waals surface area contributed by atoms with Gasteiger partial charge in [0, 0.05) is 12.8 Å². The first-order valence-electron chi connectivity index (χ1n) is 8.59. The SMILES string of the molecule is CN1C(=NC2CCCCCC2)SCC1c1ccc(C(N)=O)c(Cl)c1. The third-order valence-electron chi connectivity index (χ3n) is 4.90. The van der Waals surface area contributed by atoms with Gasteiger partial charge in [-0.15, -0.1) is 0 Å². The molecule has 2 aliphatic rings. The summed E-state index contributed by atoms with van der Waals surface area (Å²) in [6.07, 6.45) is 7.70. The third-order valence-corrected chi connectivity index (χ3v) is 6.35. The second kappa shape index (κ2) is 7.79. The summed E-state index contributed by atoms with van der Waals surface area (Å²) in [6.45, 7) is 0. The van der Waals surface area contributed by atoms with Crippen molar-refractivity contribution in [3.8, 4) is 0 Å². The number of rotatable bonds is 3. The molecule has 1 aromatic rings. The van der Waals surface area contributed by atoms with E-state index in [1.54, 1.807) is 6.07 Å². The van der Waals surface area contributed by atoms with Crippen LogP contribution in [0, 0.1) is 0 Å². The van der Waals surface area contributed by atoms with Gasteiger partial charge in [-0.1, -0.05) is 55.1 Å². The summed E-state index contributed by atoms with van der Waals surface area (Å²) in [7, 11) is 2.09. The summed E-state index contributed by atoms with van der Waals surface area (Å²) in [5, 5.41) is 1.55. The van der Waals surface area contributed by atoms with Crippen molar-refractivity contribution in [1.29, 1.82) is 0 Å². The summed E-state index contributed by atoms with van der Waals surface area (Å²) in [4.78, 5) is 18.6. The van der Waals surface area contributed by atoms with Gasteiger partial charge in [0.25, 0.3) is 0 Å². The molecule has 1 aliphatic carbocycles. The lowest BCUT2D eigenvalue weighted by molar-refractivity contribution is 0.100. The number of hydrogen-bond donors (Lipinski definition) is 1. The minimum absolute atomic E-state index is 0.235. The zero-order valence-electron chi connectivity index (χ0n) is 14.0. The molecule has 1 heterocycles. The lowest BCUT2D eigenvalue weighted by atomic mass is 10.0. The molecule has 0 spiro atoms. The lowest BCUT2D eigenvalue weighted by Crippen LogP contribution is -2.24. The van der Waals surface area contributed by atoms with Gasteiger partial charge in [-0.25, -0.2) is 0 Å². The molecule has 2 fully saturated rings. The van der Waals surface area contributed by atoms with Gasteiger partial charge in [0.15, 0.2) is 5.17 Å². The van der Waals surface area contributed by atoms with Gasteiger partial charge in [0.05, 0.1) is 22.7 Å². The maximum absolute atomic E-state index is 11.3. The molecular weight excluding hydrogens is 342 g/mol. The number of carbonyl (C=O) groups is 1. The summed E-state index contributed by atoms with van der Waals surface area (Å²) in [5.74, 6) is 0.463. The molecule has 130 valence electrons. The van der Waals surface area contributed by atoms with Gasteiger partial charge in [-0.2, -0.15) is 0 Å². The minimum Gasteiger partial charge on any atom is -0.366 e. The van der Waals surface area contributed by atoms with Crippen LogP contribution in [0.25, 0.3) is 0 Å². The van der Waals surface area contributed by atoms with E-state index in [9.17, 15) is 4.79 Å². The average molecular weight is 366 g/mol. The third kappa shape index (κ3) is 3.89. The number of thioether (sulfide) groups is 1. The van der Waals surface area contributed by atoms with Gasteiger partial charge in [-0.3, -0.25) is 9.79 Å². The zero-order valence-corrected chi connectivity index (χ0v) is 15.6. The predicted molar refractivity (Wildman–Crippen MR) is 102 cm³/mol. The Balaban J connectivity index is 1.74. The van der Waals surface area contributed by atoms with Crippen molar-refractivity contribution in [2.75, 3.05) is 12.8 Å². The van der Waals surface area contributed by atoms with Crippen molar-refractivity contribution in [3.63, 3.8) is 0 Å². The fraction of sp³-hybridized carbons (Fsp3) is 0.556. The molecule has 0 bridgehead atoms. The second-order valence-corrected chi connectivity index (χ2v) is 7.99. The van der Waals surface area contributed by atoms with Crippen molar-refractivity contribution < 1.29 is 4.79 Å². The van der Waals surface area contributed by atoms with Crippen LogP contribution in [0.4, 0.5) is 0 Å². The first-order valence-corrected chi connectivity index (χ1v) is 9.95. The number of hydrogen-bond acceptors (Lipinski definition) is 3. The maximum atomic E-state index is 11.3. The molecule has 2 N–H and O–H groups in total. The number of benzene rings is 1. The Morgan fingerprint density at radius 1 is 1.29 bits per heavy atom. The Kier molecular flexibility index (Phi) is 5.72. The van der Waals surface area contributed by atoms with Crippen molar-refractivity contribution in [1.82, 2.24) is 4.90 Å². The highest BCUT2D eigenvalue weighted by Gasteiger charge is 2.29. The van der Waals surface area contributed by atoms with E-state index in [2.05, 4.69) is 11.9 Å². The van der Waals surface area contributed by atoms with E-state index in [0.717, 1.165) is 16.5 Å². The zero-order chi connectivity index (χ0) is 17.1. The number of aliphatic imine (C=N–C) groups is 1. The van der Waals surface area contributed by atoms with Crippen molar-refractivity contribution >= 4 is 34.4 Å². The van der Waals surface area contributed by atoms with Crippen LogP contribution in [-0.4, -0.2) is 34.8 Å². The molecule has 24 heavy (non-hydrogen) atoms. The van der Waals surface area contributed by atoms with E-state index in [1.165, 1.54) is 38.5 Å². The Hall–Kier alpha value is -1.20. The van der Waals surface area contributed by atoms with Crippen LogP contribution in [0.2, 0.25) is 5.02 Å². The second-order valence-electron chi connectivity index (χ2n) is 6.60. The molecule has 0 aromatic heterocycles. The Morgan fingerprint density at radius 2 is 2.00 bits per heavy atom. The Labute approximate surface area is 152 Å². The van der Waals surface area contributed by atoms with Gasteiger partial charge in [0.1, 0.15) is 0 Å². The normalized spacial score (nSPS) is 24.3. The number of amidine groups is 1. The molecule has 1 saturated heterocycles. The fourth-order valence-corrected chi connectivity index (χ4v) is 4.99. The van der Waals surface area contributed by atoms with Crippen LogP contribution < -0.4 is 5.73 Å². The predicted octanol–water partition coefficient (Wildman–Crippen LogP) is 4.24. The highest BCUT2D eigenvalue weighted by molar-refractivity contribution is 8.14. The summed E-state index contributed by atoms with van der Waals surface area (Å²) in [5.41, 5.74) is 6.81. The smallest absolute Gasteiger partial charge is 0.250 e. The molecule has 1 saturated carbocycles. The Morgan fingerprint density at radius 3 is 2.62 bits per heavy atom. The van der Waals surface area contributed by atoms with Gasteiger partial charge < -0.3 is 10.6 Å². The number of nitrogens with two attached hydrogens (primary N) is 1. The quantitative estimate of drug-likeness (QED) is 0.815. The van der Waals surface area contributed by atoms with Crippen LogP contribution in [0.15, 0.2) is 23.2 Å². The molecule has 3 rings (SSSR count). The molecule has 0 radical (unpaired) electrons. The first-order chi connectivity index (χ1) is 11.6. The highest BCUT2D eigenvalue weighted by atomic mass is 35.5. The number of halogens is 1. The highest BCUT2D eigenvalue weighted by Crippen LogP contribution is 2.36. The van der Waals surface area contributed by atoms with Crippen LogP contribution in [0.5, 0.6) is 0 Å². The van der Waals surface area contributed by atoms with Crippen molar-refractivity contribution in [2.24, 2.45) is 10.7 Å². The monoisotopic (exact) mass is 365 g/mol. The molecule has 1 aromatic carbocycles. The topological polar surface area (TPSA) is 58.7 Å². The van der Waals surface area contributed by atoms with Crippen LogP contribution in [0.1, 0.15) is 60.5 Å². The molecule has 1 unspecified atom stereocenters. The fourth-order valence-electron chi connectivity index (χ4n) is 3.43. The minimum atomic E-state index is -0.490. The lowest BCUT2D eigenvalue weighted by Gasteiger charge is -2.23. The van der Waals surface area contributed by atoms with Gasteiger partial charge >= 0.3 is 0 Å². The summed E-state index contributed by atoms with van der Waals surface area (Å²) >= 11 is 8.02. The van der Waals surface area contributed by atoms with E-state index >= 15 is 0 Å². The number of nitrogens with zero attached hydrogens (tertiary/aromatic N) is 2. The van der Waals surface area contributed by atoms with Crippen LogP contribution in [0.3, 0.4) is 0 Å². The average Bonchev–Trinajstić information content (AvgIpc) is 2.75. The van der Waals surface area contributed by atoms with Crippen molar-refractivity contribution in [2.45, 2.75) is 50.6 Å². The molecular formula is C18H24ClN3OS. The molecule has 4 nitrogen and oxygen atoms in total. The van der Waals surface area contributed by atoms with Crippen LogP contribution >= 0.6 is 23.4 Å². The molecule has 1 atom stereocenters. The molecule has 1 aliphatic heterocycles. The first kappa shape index (κ1) is 17.6. The number of amides is 1. The van der Waals surface area contributed by atoms with E-state index in [0.29, 0.717) is 16.6 Å². The maximum Gasteiger partial charge on any atom is 0.250 e. The molecule has 1 amide bonds. The van der Waals surface area contributed by atoms with E-state index < -0.39 is 5.91 Å². The largest absolute Gasteiger partial charge is 0.366 e. The standard InChI is InChI=1S/C18H24ClN3OS/c1-22-16(12-8-9-14(17(20)23)15(19)10-12)11-24-18(22)21-13-6-4-2-3-5-7-13/h8-10,13,16H,2-7,11H2,1H3,(H2,20,23). The van der Waals surface area contributed by atoms with E-state index in [-0.39, 0.29) is 6.04 Å². The number of carbonyl (C=O) groups excluding carboxylic acids is 1. The molecule has 6 heteroatoms. The van der Waals surface area contributed by atoms with Gasteiger partial charge in [-0.05, 0) is 30.5 Å². The number of primary amides is 1. The Bertz CT molecular complexity index is 641.